The van der Waals surface area contributed by atoms with Gasteiger partial charge in [-0.2, -0.15) is 0 Å². The van der Waals surface area contributed by atoms with E-state index in [1.807, 2.05) is 33.8 Å². The summed E-state index contributed by atoms with van der Waals surface area (Å²) in [6, 6.07) is 3.20. The molecule has 2 aliphatic rings. The summed E-state index contributed by atoms with van der Waals surface area (Å²) >= 11 is 0. The van der Waals surface area contributed by atoms with Crippen LogP contribution in [0.5, 0.6) is 0 Å². The van der Waals surface area contributed by atoms with Crippen LogP contribution in [0.1, 0.15) is 50.0 Å². The molecule has 1 aliphatic heterocycles. The first-order valence-electron chi connectivity index (χ1n) is 6.92. The molecule has 0 aromatic heterocycles. The van der Waals surface area contributed by atoms with Crippen LogP contribution in [0.4, 0.5) is 4.39 Å². The van der Waals surface area contributed by atoms with Crippen molar-refractivity contribution in [2.24, 2.45) is 0 Å². The minimum Gasteiger partial charge on any atom is -0.399 e. The molecule has 1 heterocycles. The van der Waals surface area contributed by atoms with Gasteiger partial charge in [-0.25, -0.2) is 4.39 Å². The molecule has 0 saturated carbocycles. The number of aryl methyl sites for hydroxylation is 1. The van der Waals surface area contributed by atoms with Crippen LogP contribution in [-0.4, -0.2) is 24.1 Å². The van der Waals surface area contributed by atoms with Crippen molar-refractivity contribution in [2.75, 3.05) is 0 Å². The van der Waals surface area contributed by atoms with E-state index in [-0.39, 0.29) is 11.3 Å². The topological polar surface area (TPSA) is 35.5 Å². The van der Waals surface area contributed by atoms with Gasteiger partial charge in [0.2, 0.25) is 0 Å². The Hall–Kier alpha value is -1.20. The minimum atomic E-state index is -0.587. The third kappa shape index (κ3) is 1.92. The molecule has 3 rings (SSSR count). The zero-order valence-corrected chi connectivity index (χ0v) is 12.2. The van der Waals surface area contributed by atoms with Gasteiger partial charge < -0.3 is 9.31 Å². The van der Waals surface area contributed by atoms with Crippen LogP contribution in [0.3, 0.4) is 0 Å². The molecule has 0 spiro atoms. The molecule has 20 heavy (non-hydrogen) atoms. The molecule has 1 aliphatic carbocycles. The lowest BCUT2D eigenvalue weighted by atomic mass is 9.77. The highest BCUT2D eigenvalue weighted by Crippen LogP contribution is 2.37. The van der Waals surface area contributed by atoms with Crippen LogP contribution in [0.25, 0.3) is 0 Å². The second-order valence-electron chi connectivity index (χ2n) is 6.55. The van der Waals surface area contributed by atoms with Gasteiger partial charge in [0.05, 0.1) is 16.8 Å². The van der Waals surface area contributed by atoms with E-state index in [1.165, 1.54) is 6.07 Å². The van der Waals surface area contributed by atoms with E-state index >= 15 is 0 Å². The summed E-state index contributed by atoms with van der Waals surface area (Å²) in [6.45, 7) is 7.83. The number of carbonyl (C=O) groups is 1. The van der Waals surface area contributed by atoms with Gasteiger partial charge in [0.1, 0.15) is 5.82 Å². The molecule has 1 fully saturated rings. The molecule has 1 aromatic carbocycles. The number of halogens is 1. The van der Waals surface area contributed by atoms with E-state index in [0.717, 1.165) is 5.56 Å². The summed E-state index contributed by atoms with van der Waals surface area (Å²) in [7, 11) is -0.587. The monoisotopic (exact) mass is 276 g/mol. The number of carbonyl (C=O) groups excluding carboxylic acids is 1. The molecule has 3 nitrogen and oxygen atoms in total. The van der Waals surface area contributed by atoms with Gasteiger partial charge in [-0.1, -0.05) is 6.07 Å². The van der Waals surface area contributed by atoms with Crippen molar-refractivity contribution < 1.29 is 18.5 Å². The lowest BCUT2D eigenvalue weighted by molar-refractivity contribution is 0.00578. The fraction of sp³-hybridized carbons (Fsp3) is 0.533. The quantitative estimate of drug-likeness (QED) is 0.738. The van der Waals surface area contributed by atoms with Gasteiger partial charge in [-0.05, 0) is 51.2 Å². The lowest BCUT2D eigenvalue weighted by Crippen LogP contribution is -2.41. The Labute approximate surface area is 118 Å². The minimum absolute atomic E-state index is 0.113. The summed E-state index contributed by atoms with van der Waals surface area (Å²) in [5.41, 5.74) is 0.742. The van der Waals surface area contributed by atoms with Crippen LogP contribution < -0.4 is 5.46 Å². The fourth-order valence-corrected chi connectivity index (χ4v) is 2.68. The lowest BCUT2D eigenvalue weighted by Gasteiger charge is -2.32. The van der Waals surface area contributed by atoms with E-state index in [0.29, 0.717) is 18.3 Å². The Morgan fingerprint density at radius 1 is 1.10 bits per heavy atom. The molecule has 0 atom stereocenters. The van der Waals surface area contributed by atoms with Crippen LogP contribution in [0.15, 0.2) is 12.1 Å². The molecule has 0 amide bonds. The van der Waals surface area contributed by atoms with Gasteiger partial charge >= 0.3 is 7.12 Å². The van der Waals surface area contributed by atoms with Gasteiger partial charge in [-0.3, -0.25) is 4.79 Å². The highest BCUT2D eigenvalue weighted by atomic mass is 19.1. The number of benzene rings is 1. The van der Waals surface area contributed by atoms with Gasteiger partial charge in [0, 0.05) is 6.42 Å². The van der Waals surface area contributed by atoms with Gasteiger partial charge in [0.25, 0.3) is 0 Å². The second kappa shape index (κ2) is 4.15. The zero-order chi connectivity index (χ0) is 14.7. The van der Waals surface area contributed by atoms with E-state index in [1.54, 1.807) is 0 Å². The van der Waals surface area contributed by atoms with Crippen molar-refractivity contribution in [3.05, 3.63) is 29.1 Å². The molecular formula is C15H18BFO3. The van der Waals surface area contributed by atoms with Crippen LogP contribution in [-0.2, 0) is 15.7 Å². The average Bonchev–Trinajstić information content (AvgIpc) is 2.78. The van der Waals surface area contributed by atoms with Crippen LogP contribution in [0.2, 0.25) is 0 Å². The zero-order valence-electron chi connectivity index (χ0n) is 12.2. The highest BCUT2D eigenvalue weighted by Gasteiger charge is 2.52. The molecule has 1 aromatic rings. The SMILES string of the molecule is CC1(C)OB(c2cc(F)c3c(c2)CCC3=O)OC1(C)C. The molecule has 106 valence electrons. The summed E-state index contributed by atoms with van der Waals surface area (Å²) in [4.78, 5) is 11.6. The fourth-order valence-electron chi connectivity index (χ4n) is 2.68. The predicted molar refractivity (Wildman–Crippen MR) is 74.8 cm³/mol. The van der Waals surface area contributed by atoms with E-state index < -0.39 is 24.1 Å². The standard InChI is InChI=1S/C15H18BFO3/c1-14(2)15(3,4)20-16(19-14)10-7-9-5-6-12(18)13(9)11(17)8-10/h7-8H,5-6H2,1-4H3. The smallest absolute Gasteiger partial charge is 0.399 e. The van der Waals surface area contributed by atoms with E-state index in [9.17, 15) is 9.18 Å². The number of ketones is 1. The first kappa shape index (κ1) is 13.8. The van der Waals surface area contributed by atoms with Crippen molar-refractivity contribution in [1.82, 2.24) is 0 Å². The Bertz CT molecular complexity index is 579. The predicted octanol–water partition coefficient (Wildman–Crippen LogP) is 2.25. The van der Waals surface area contributed by atoms with Crippen molar-refractivity contribution >= 4 is 18.4 Å². The molecule has 1 saturated heterocycles. The van der Waals surface area contributed by atoms with Crippen LogP contribution >= 0.6 is 0 Å². The Morgan fingerprint density at radius 2 is 1.70 bits per heavy atom. The van der Waals surface area contributed by atoms with Crippen molar-refractivity contribution in [1.29, 1.82) is 0 Å². The molecule has 0 radical (unpaired) electrons. The molecule has 0 bridgehead atoms. The summed E-state index contributed by atoms with van der Waals surface area (Å²) in [5, 5.41) is 0. The first-order chi connectivity index (χ1) is 9.21. The molecule has 0 N–H and O–H groups in total. The largest absolute Gasteiger partial charge is 0.494 e. The average molecular weight is 276 g/mol. The van der Waals surface area contributed by atoms with E-state index in [4.69, 9.17) is 9.31 Å². The number of rotatable bonds is 1. The third-order valence-electron chi connectivity index (χ3n) is 4.62. The normalized spacial score (nSPS) is 23.2. The maximum absolute atomic E-state index is 14.1. The molecule has 0 unspecified atom stereocenters. The van der Waals surface area contributed by atoms with Crippen molar-refractivity contribution in [3.63, 3.8) is 0 Å². The summed E-state index contributed by atoms with van der Waals surface area (Å²) < 4.78 is 25.9. The van der Waals surface area contributed by atoms with E-state index in [2.05, 4.69) is 0 Å². The number of hydrogen-bond donors (Lipinski definition) is 0. The van der Waals surface area contributed by atoms with Crippen LogP contribution in [0, 0.1) is 5.82 Å². The highest BCUT2D eigenvalue weighted by molar-refractivity contribution is 6.62. The van der Waals surface area contributed by atoms with Gasteiger partial charge in [-0.15, -0.1) is 0 Å². The second-order valence-corrected chi connectivity index (χ2v) is 6.55. The van der Waals surface area contributed by atoms with Crippen molar-refractivity contribution in [2.45, 2.75) is 51.7 Å². The summed E-state index contributed by atoms with van der Waals surface area (Å²) in [6.07, 6.45) is 0.984. The Morgan fingerprint density at radius 3 is 2.30 bits per heavy atom. The third-order valence-corrected chi connectivity index (χ3v) is 4.62. The number of hydrogen-bond acceptors (Lipinski definition) is 3. The maximum atomic E-state index is 14.1. The Kier molecular flexibility index (Phi) is 2.86. The Balaban J connectivity index is 1.98. The molecular weight excluding hydrogens is 258 g/mol. The number of fused-ring (bicyclic) bond motifs is 1. The molecule has 5 heteroatoms. The summed E-state index contributed by atoms with van der Waals surface area (Å²) in [5.74, 6) is -0.576. The maximum Gasteiger partial charge on any atom is 0.494 e. The first-order valence-corrected chi connectivity index (χ1v) is 6.92. The number of Topliss-reactive ketones (excluding diaryl/α,β-unsaturated/α-hetero) is 1. The van der Waals surface area contributed by atoms with Gasteiger partial charge in [0.15, 0.2) is 5.78 Å². The van der Waals surface area contributed by atoms with Crippen molar-refractivity contribution in [3.8, 4) is 0 Å².